The number of carbonyl (C=O) groups is 2. The number of amides is 2. The molecule has 0 saturated carbocycles. The fourth-order valence-corrected chi connectivity index (χ4v) is 2.46. The lowest BCUT2D eigenvalue weighted by Crippen LogP contribution is -2.39. The van der Waals surface area contributed by atoms with Crippen molar-refractivity contribution in [2.45, 2.75) is 26.7 Å². The van der Waals surface area contributed by atoms with Gasteiger partial charge < -0.3 is 16.0 Å². The number of carbonyl (C=O) groups excluding carboxylic acids is 2. The van der Waals surface area contributed by atoms with E-state index in [1.807, 2.05) is 31.2 Å². The van der Waals surface area contributed by atoms with Gasteiger partial charge in [0, 0.05) is 17.1 Å². The Bertz CT molecular complexity index is 757. The highest BCUT2D eigenvalue weighted by Crippen LogP contribution is 2.15. The standard InChI is InChI=1S/C20H23N3O2/c1-3-14-9-8-12-16(13-14)23-20(25)18(17(21)4-2)19(24)22-15-10-6-5-7-11-15/h5-13,18,21H,3-4H2,1-2H3,(H,22,24)(H,23,25). The van der Waals surface area contributed by atoms with Crippen LogP contribution in [0.3, 0.4) is 0 Å². The average Bonchev–Trinajstić information content (AvgIpc) is 2.62. The van der Waals surface area contributed by atoms with Crippen LogP contribution in [-0.4, -0.2) is 17.5 Å². The maximum absolute atomic E-state index is 12.6. The zero-order valence-corrected chi connectivity index (χ0v) is 14.5. The monoisotopic (exact) mass is 337 g/mol. The molecule has 0 spiro atoms. The molecular formula is C20H23N3O2. The van der Waals surface area contributed by atoms with E-state index >= 15 is 0 Å². The van der Waals surface area contributed by atoms with E-state index in [9.17, 15) is 9.59 Å². The predicted octanol–water partition coefficient (Wildman–Crippen LogP) is 3.87. The molecule has 0 aliphatic carbocycles. The molecule has 1 atom stereocenters. The normalized spacial score (nSPS) is 11.4. The molecule has 2 aromatic carbocycles. The first-order chi connectivity index (χ1) is 12.0. The Morgan fingerprint density at radius 3 is 2.12 bits per heavy atom. The van der Waals surface area contributed by atoms with Crippen LogP contribution in [0.25, 0.3) is 0 Å². The van der Waals surface area contributed by atoms with Crippen molar-refractivity contribution >= 4 is 28.9 Å². The molecule has 0 radical (unpaired) electrons. The van der Waals surface area contributed by atoms with Gasteiger partial charge >= 0.3 is 0 Å². The minimum atomic E-state index is -1.16. The average molecular weight is 337 g/mol. The molecule has 0 aliphatic rings. The van der Waals surface area contributed by atoms with Crippen LogP contribution in [0.4, 0.5) is 11.4 Å². The Kier molecular flexibility index (Phi) is 6.46. The van der Waals surface area contributed by atoms with Gasteiger partial charge in [-0.15, -0.1) is 0 Å². The van der Waals surface area contributed by atoms with Crippen molar-refractivity contribution in [2.24, 2.45) is 5.92 Å². The fourth-order valence-electron chi connectivity index (χ4n) is 2.46. The largest absolute Gasteiger partial charge is 0.325 e. The predicted molar refractivity (Wildman–Crippen MR) is 101 cm³/mol. The van der Waals surface area contributed by atoms with Gasteiger partial charge in [0.2, 0.25) is 11.8 Å². The van der Waals surface area contributed by atoms with Crippen LogP contribution >= 0.6 is 0 Å². The number of hydrogen-bond acceptors (Lipinski definition) is 3. The van der Waals surface area contributed by atoms with Gasteiger partial charge in [0.15, 0.2) is 5.92 Å². The third-order valence-corrected chi connectivity index (χ3v) is 3.90. The molecule has 0 saturated heterocycles. The van der Waals surface area contributed by atoms with Crippen LogP contribution < -0.4 is 10.6 Å². The number of para-hydroxylation sites is 1. The zero-order valence-electron chi connectivity index (χ0n) is 14.5. The van der Waals surface area contributed by atoms with Crippen molar-refractivity contribution in [1.29, 1.82) is 5.41 Å². The summed E-state index contributed by atoms with van der Waals surface area (Å²) < 4.78 is 0. The Morgan fingerprint density at radius 2 is 1.52 bits per heavy atom. The van der Waals surface area contributed by atoms with E-state index in [2.05, 4.69) is 10.6 Å². The van der Waals surface area contributed by atoms with Crippen LogP contribution in [0.2, 0.25) is 0 Å². The lowest BCUT2D eigenvalue weighted by atomic mass is 9.98. The second-order valence-corrected chi connectivity index (χ2v) is 5.71. The highest BCUT2D eigenvalue weighted by molar-refractivity contribution is 6.24. The molecule has 2 aromatic rings. The summed E-state index contributed by atoms with van der Waals surface area (Å²) in [5, 5.41) is 13.5. The molecular weight excluding hydrogens is 314 g/mol. The zero-order chi connectivity index (χ0) is 18.2. The number of hydrogen-bond donors (Lipinski definition) is 3. The van der Waals surface area contributed by atoms with Crippen molar-refractivity contribution in [3.05, 3.63) is 60.2 Å². The molecule has 0 aliphatic heterocycles. The second-order valence-electron chi connectivity index (χ2n) is 5.71. The van der Waals surface area contributed by atoms with Gasteiger partial charge in [0.25, 0.3) is 0 Å². The summed E-state index contributed by atoms with van der Waals surface area (Å²) >= 11 is 0. The van der Waals surface area contributed by atoms with E-state index in [1.165, 1.54) is 0 Å². The van der Waals surface area contributed by atoms with Crippen LogP contribution in [0.5, 0.6) is 0 Å². The van der Waals surface area contributed by atoms with Crippen molar-refractivity contribution in [3.8, 4) is 0 Å². The van der Waals surface area contributed by atoms with Crippen LogP contribution in [0.15, 0.2) is 54.6 Å². The maximum Gasteiger partial charge on any atom is 0.242 e. The SMILES string of the molecule is CCC(=N)C(C(=O)Nc1ccccc1)C(=O)Nc1cccc(CC)c1. The molecule has 0 heterocycles. The van der Waals surface area contributed by atoms with Gasteiger partial charge in [-0.05, 0) is 42.7 Å². The Balaban J connectivity index is 2.16. The third kappa shape index (κ3) is 5.01. The summed E-state index contributed by atoms with van der Waals surface area (Å²) in [6.07, 6.45) is 1.18. The van der Waals surface area contributed by atoms with E-state index in [0.29, 0.717) is 17.8 Å². The van der Waals surface area contributed by atoms with Gasteiger partial charge in [0.1, 0.15) is 0 Å². The maximum atomic E-state index is 12.6. The molecule has 2 amide bonds. The number of anilines is 2. The molecule has 5 nitrogen and oxygen atoms in total. The van der Waals surface area contributed by atoms with Gasteiger partial charge in [-0.2, -0.15) is 0 Å². The quantitative estimate of drug-likeness (QED) is 0.529. The molecule has 0 aromatic heterocycles. The summed E-state index contributed by atoms with van der Waals surface area (Å²) in [6, 6.07) is 16.4. The molecule has 130 valence electrons. The minimum absolute atomic E-state index is 0.0811. The van der Waals surface area contributed by atoms with Crippen molar-refractivity contribution in [1.82, 2.24) is 0 Å². The Morgan fingerprint density at radius 1 is 0.920 bits per heavy atom. The molecule has 25 heavy (non-hydrogen) atoms. The lowest BCUT2D eigenvalue weighted by Gasteiger charge is -2.17. The Labute approximate surface area is 148 Å². The van der Waals surface area contributed by atoms with E-state index < -0.39 is 17.7 Å². The smallest absolute Gasteiger partial charge is 0.242 e. The highest BCUT2D eigenvalue weighted by atomic mass is 16.2. The highest BCUT2D eigenvalue weighted by Gasteiger charge is 2.30. The molecule has 2 rings (SSSR count). The first kappa shape index (κ1) is 18.4. The van der Waals surface area contributed by atoms with Crippen LogP contribution in [0, 0.1) is 11.3 Å². The summed E-state index contributed by atoms with van der Waals surface area (Å²) in [7, 11) is 0. The van der Waals surface area contributed by atoms with Gasteiger partial charge in [0.05, 0.1) is 0 Å². The summed E-state index contributed by atoms with van der Waals surface area (Å²) in [4.78, 5) is 25.2. The topological polar surface area (TPSA) is 82.1 Å². The number of benzene rings is 2. The molecule has 0 fully saturated rings. The van der Waals surface area contributed by atoms with Crippen molar-refractivity contribution in [3.63, 3.8) is 0 Å². The van der Waals surface area contributed by atoms with E-state index in [4.69, 9.17) is 5.41 Å². The molecule has 1 unspecified atom stereocenters. The van der Waals surface area contributed by atoms with Crippen molar-refractivity contribution in [2.75, 3.05) is 10.6 Å². The summed E-state index contributed by atoms with van der Waals surface area (Å²) in [5.74, 6) is -2.15. The molecule has 3 N–H and O–H groups in total. The van der Waals surface area contributed by atoms with Crippen LogP contribution in [0.1, 0.15) is 25.8 Å². The minimum Gasteiger partial charge on any atom is -0.325 e. The molecule has 5 heteroatoms. The van der Waals surface area contributed by atoms with Gasteiger partial charge in [-0.3, -0.25) is 9.59 Å². The lowest BCUT2D eigenvalue weighted by molar-refractivity contribution is -0.126. The van der Waals surface area contributed by atoms with Crippen molar-refractivity contribution < 1.29 is 9.59 Å². The Hall–Kier alpha value is -2.95. The van der Waals surface area contributed by atoms with Gasteiger partial charge in [-0.1, -0.05) is 44.2 Å². The first-order valence-corrected chi connectivity index (χ1v) is 8.38. The van der Waals surface area contributed by atoms with E-state index in [-0.39, 0.29) is 5.71 Å². The summed E-state index contributed by atoms with van der Waals surface area (Å²) in [6.45, 7) is 3.79. The van der Waals surface area contributed by atoms with Crippen LogP contribution in [-0.2, 0) is 16.0 Å². The van der Waals surface area contributed by atoms with E-state index in [1.54, 1.807) is 37.3 Å². The third-order valence-electron chi connectivity index (χ3n) is 3.90. The van der Waals surface area contributed by atoms with E-state index in [0.717, 1.165) is 12.0 Å². The number of nitrogens with one attached hydrogen (secondary N) is 3. The molecule has 0 bridgehead atoms. The fraction of sp³-hybridized carbons (Fsp3) is 0.250. The number of aryl methyl sites for hydroxylation is 1. The second kappa shape index (κ2) is 8.78. The number of rotatable bonds is 7. The van der Waals surface area contributed by atoms with Gasteiger partial charge in [-0.25, -0.2) is 0 Å². The first-order valence-electron chi connectivity index (χ1n) is 8.38. The summed E-state index contributed by atoms with van der Waals surface area (Å²) in [5.41, 5.74) is 2.40.